The predicted molar refractivity (Wildman–Crippen MR) is 87.0 cm³/mol. The number of carbonyl (C=O) groups is 1. The molecular formula is C16H15BrN2O3. The second-order valence-corrected chi connectivity index (χ2v) is 5.65. The van der Waals surface area contributed by atoms with Gasteiger partial charge < -0.3 is 20.1 Å². The smallest absolute Gasteiger partial charge is 0.239 e. The number of amides is 1. The van der Waals surface area contributed by atoms with Crippen molar-refractivity contribution in [1.82, 2.24) is 5.32 Å². The summed E-state index contributed by atoms with van der Waals surface area (Å²) in [4.78, 5) is 11.9. The summed E-state index contributed by atoms with van der Waals surface area (Å²) in [6, 6.07) is 13.3. The number of hydrogen-bond donors (Lipinski definition) is 2. The number of anilines is 1. The molecule has 0 radical (unpaired) electrons. The lowest BCUT2D eigenvalue weighted by molar-refractivity contribution is -0.119. The highest BCUT2D eigenvalue weighted by Gasteiger charge is 2.13. The third-order valence-electron chi connectivity index (χ3n) is 3.24. The Balaban J connectivity index is 1.49. The van der Waals surface area contributed by atoms with E-state index in [1.807, 2.05) is 42.5 Å². The minimum atomic E-state index is -0.0755. The van der Waals surface area contributed by atoms with Crippen molar-refractivity contribution in [1.29, 1.82) is 0 Å². The van der Waals surface area contributed by atoms with Crippen LogP contribution in [-0.2, 0) is 11.3 Å². The summed E-state index contributed by atoms with van der Waals surface area (Å²) in [5, 5.41) is 5.95. The maximum atomic E-state index is 11.9. The molecule has 5 nitrogen and oxygen atoms in total. The number of benzene rings is 2. The van der Waals surface area contributed by atoms with Crippen molar-refractivity contribution < 1.29 is 14.3 Å². The van der Waals surface area contributed by atoms with Crippen molar-refractivity contribution in [3.05, 3.63) is 52.5 Å². The van der Waals surface area contributed by atoms with Gasteiger partial charge in [0, 0.05) is 16.7 Å². The molecule has 0 fully saturated rings. The molecule has 3 rings (SSSR count). The number of ether oxygens (including phenoxy) is 2. The molecule has 0 unspecified atom stereocenters. The average Bonchev–Trinajstić information content (AvgIpc) is 2.99. The van der Waals surface area contributed by atoms with E-state index in [0.29, 0.717) is 6.54 Å². The third-order valence-corrected chi connectivity index (χ3v) is 3.93. The zero-order valence-corrected chi connectivity index (χ0v) is 13.4. The number of para-hydroxylation sites is 1. The van der Waals surface area contributed by atoms with Crippen LogP contribution in [0.3, 0.4) is 0 Å². The Kier molecular flexibility index (Phi) is 4.48. The summed E-state index contributed by atoms with van der Waals surface area (Å²) < 4.78 is 11.5. The Morgan fingerprint density at radius 1 is 1.14 bits per heavy atom. The van der Waals surface area contributed by atoms with Gasteiger partial charge in [0.2, 0.25) is 12.7 Å². The zero-order chi connectivity index (χ0) is 15.4. The highest BCUT2D eigenvalue weighted by molar-refractivity contribution is 9.10. The first kappa shape index (κ1) is 14.7. The largest absolute Gasteiger partial charge is 0.454 e. The zero-order valence-electron chi connectivity index (χ0n) is 11.8. The van der Waals surface area contributed by atoms with Crippen molar-refractivity contribution in [2.45, 2.75) is 6.54 Å². The third kappa shape index (κ3) is 3.51. The Morgan fingerprint density at radius 2 is 1.95 bits per heavy atom. The van der Waals surface area contributed by atoms with Crippen LogP contribution in [0, 0.1) is 0 Å². The van der Waals surface area contributed by atoms with Crippen LogP contribution >= 0.6 is 15.9 Å². The van der Waals surface area contributed by atoms with Crippen molar-refractivity contribution in [3.8, 4) is 11.5 Å². The highest BCUT2D eigenvalue weighted by Crippen LogP contribution is 2.32. The molecule has 0 bridgehead atoms. The highest BCUT2D eigenvalue weighted by atomic mass is 79.9. The van der Waals surface area contributed by atoms with Crippen LogP contribution in [0.5, 0.6) is 11.5 Å². The minimum absolute atomic E-state index is 0.0755. The van der Waals surface area contributed by atoms with Crippen LogP contribution in [0.15, 0.2) is 46.9 Å². The summed E-state index contributed by atoms with van der Waals surface area (Å²) in [6.45, 7) is 0.918. The minimum Gasteiger partial charge on any atom is -0.454 e. The first-order valence-corrected chi connectivity index (χ1v) is 7.65. The van der Waals surface area contributed by atoms with E-state index >= 15 is 0 Å². The molecule has 6 heteroatoms. The van der Waals surface area contributed by atoms with Gasteiger partial charge in [-0.3, -0.25) is 4.79 Å². The van der Waals surface area contributed by atoms with Crippen LogP contribution in [-0.4, -0.2) is 19.2 Å². The van der Waals surface area contributed by atoms with E-state index < -0.39 is 0 Å². The molecule has 0 saturated heterocycles. The van der Waals surface area contributed by atoms with E-state index in [1.165, 1.54) is 0 Å². The van der Waals surface area contributed by atoms with Gasteiger partial charge in [-0.25, -0.2) is 0 Å². The number of rotatable bonds is 5. The molecule has 0 aromatic heterocycles. The molecule has 1 aliphatic rings. The SMILES string of the molecule is O=C(CNc1ccccc1Br)NCc1ccc2c(c1)OCO2. The van der Waals surface area contributed by atoms with E-state index in [4.69, 9.17) is 9.47 Å². The van der Waals surface area contributed by atoms with Gasteiger partial charge in [0.15, 0.2) is 11.5 Å². The summed E-state index contributed by atoms with van der Waals surface area (Å²) in [7, 11) is 0. The number of fused-ring (bicyclic) bond motifs is 1. The molecule has 2 N–H and O–H groups in total. The van der Waals surface area contributed by atoms with E-state index in [2.05, 4.69) is 26.6 Å². The maximum Gasteiger partial charge on any atom is 0.239 e. The lowest BCUT2D eigenvalue weighted by Crippen LogP contribution is -2.29. The number of carbonyl (C=O) groups excluding carboxylic acids is 1. The van der Waals surface area contributed by atoms with Crippen LogP contribution < -0.4 is 20.1 Å². The topological polar surface area (TPSA) is 59.6 Å². The monoisotopic (exact) mass is 362 g/mol. The van der Waals surface area contributed by atoms with E-state index in [0.717, 1.165) is 27.2 Å². The number of halogens is 1. The Hall–Kier alpha value is -2.21. The van der Waals surface area contributed by atoms with Crippen LogP contribution in [0.25, 0.3) is 0 Å². The van der Waals surface area contributed by atoms with E-state index in [1.54, 1.807) is 0 Å². The fourth-order valence-corrected chi connectivity index (χ4v) is 2.52. The molecular weight excluding hydrogens is 348 g/mol. The van der Waals surface area contributed by atoms with Crippen molar-refractivity contribution in [2.24, 2.45) is 0 Å². The Labute approximate surface area is 136 Å². The van der Waals surface area contributed by atoms with Gasteiger partial charge in [0.1, 0.15) is 0 Å². The van der Waals surface area contributed by atoms with Gasteiger partial charge in [-0.1, -0.05) is 18.2 Å². The van der Waals surface area contributed by atoms with Crippen LogP contribution in [0.2, 0.25) is 0 Å². The molecule has 0 atom stereocenters. The normalized spacial score (nSPS) is 12.0. The standard InChI is InChI=1S/C16H15BrN2O3/c17-12-3-1-2-4-13(12)18-9-16(20)19-8-11-5-6-14-15(7-11)22-10-21-14/h1-7,18H,8-10H2,(H,19,20). The fourth-order valence-electron chi connectivity index (χ4n) is 2.09. The molecule has 1 aliphatic heterocycles. The summed E-state index contributed by atoms with van der Waals surface area (Å²) >= 11 is 3.43. The van der Waals surface area contributed by atoms with Gasteiger partial charge in [0.25, 0.3) is 0 Å². The van der Waals surface area contributed by atoms with Gasteiger partial charge in [-0.2, -0.15) is 0 Å². The van der Waals surface area contributed by atoms with Gasteiger partial charge >= 0.3 is 0 Å². The second kappa shape index (κ2) is 6.70. The predicted octanol–water partition coefficient (Wildman–Crippen LogP) is 2.91. The molecule has 0 saturated carbocycles. The van der Waals surface area contributed by atoms with Crippen molar-refractivity contribution >= 4 is 27.5 Å². The summed E-state index contributed by atoms with van der Waals surface area (Å²) in [6.07, 6.45) is 0. The quantitative estimate of drug-likeness (QED) is 0.858. The van der Waals surface area contributed by atoms with Gasteiger partial charge in [-0.15, -0.1) is 0 Å². The van der Waals surface area contributed by atoms with Crippen molar-refractivity contribution in [3.63, 3.8) is 0 Å². The summed E-state index contributed by atoms with van der Waals surface area (Å²) in [5.74, 6) is 1.39. The number of hydrogen-bond acceptors (Lipinski definition) is 4. The lowest BCUT2D eigenvalue weighted by Gasteiger charge is -2.09. The molecule has 22 heavy (non-hydrogen) atoms. The maximum absolute atomic E-state index is 11.9. The summed E-state index contributed by atoms with van der Waals surface area (Å²) in [5.41, 5.74) is 1.86. The molecule has 1 heterocycles. The first-order chi connectivity index (χ1) is 10.7. The van der Waals surface area contributed by atoms with Gasteiger partial charge in [0.05, 0.1) is 6.54 Å². The molecule has 0 aliphatic carbocycles. The first-order valence-electron chi connectivity index (χ1n) is 6.86. The van der Waals surface area contributed by atoms with E-state index in [-0.39, 0.29) is 19.2 Å². The fraction of sp³-hybridized carbons (Fsp3) is 0.188. The average molecular weight is 363 g/mol. The molecule has 2 aromatic rings. The van der Waals surface area contributed by atoms with E-state index in [9.17, 15) is 4.79 Å². The second-order valence-electron chi connectivity index (χ2n) is 4.80. The van der Waals surface area contributed by atoms with Crippen LogP contribution in [0.4, 0.5) is 5.69 Å². The molecule has 1 amide bonds. The van der Waals surface area contributed by atoms with Gasteiger partial charge in [-0.05, 0) is 45.8 Å². The Bertz CT molecular complexity index is 691. The van der Waals surface area contributed by atoms with Crippen LogP contribution in [0.1, 0.15) is 5.56 Å². The molecule has 114 valence electrons. The molecule has 0 spiro atoms. The number of nitrogens with one attached hydrogen (secondary N) is 2. The Morgan fingerprint density at radius 3 is 2.82 bits per heavy atom. The molecule has 2 aromatic carbocycles. The van der Waals surface area contributed by atoms with Crippen molar-refractivity contribution in [2.75, 3.05) is 18.7 Å². The lowest BCUT2D eigenvalue weighted by atomic mass is 10.2.